The lowest BCUT2D eigenvalue weighted by Gasteiger charge is -2.43. The predicted octanol–water partition coefficient (Wildman–Crippen LogP) is 1.18. The molecule has 1 aromatic heterocycles. The van der Waals surface area contributed by atoms with Crippen molar-refractivity contribution in [3.8, 4) is 5.75 Å². The number of aliphatic carboxylic acids is 1. The van der Waals surface area contributed by atoms with Crippen molar-refractivity contribution in [3.63, 3.8) is 0 Å². The molecule has 28 heavy (non-hydrogen) atoms. The van der Waals surface area contributed by atoms with Crippen LogP contribution in [0.3, 0.4) is 0 Å². The van der Waals surface area contributed by atoms with Crippen molar-refractivity contribution >= 4 is 11.9 Å². The molecule has 0 aliphatic carbocycles. The molecule has 1 aliphatic rings. The number of carbonyl (C=O) groups is 2. The van der Waals surface area contributed by atoms with E-state index in [4.69, 9.17) is 4.74 Å². The van der Waals surface area contributed by atoms with E-state index in [0.29, 0.717) is 18.0 Å². The maximum atomic E-state index is 12.8. The number of methoxy groups -OCH3 is 1. The number of ether oxygens (including phenoxy) is 1. The summed E-state index contributed by atoms with van der Waals surface area (Å²) in [5, 5.41) is 20.6. The van der Waals surface area contributed by atoms with E-state index < -0.39 is 17.5 Å². The van der Waals surface area contributed by atoms with Gasteiger partial charge in [0.2, 0.25) is 5.91 Å². The highest BCUT2D eigenvalue weighted by Gasteiger charge is 2.50. The fraction of sp³-hybridized carbons (Fsp3) is 0.450. The molecule has 0 saturated carbocycles. The summed E-state index contributed by atoms with van der Waals surface area (Å²) in [4.78, 5) is 33.6. The van der Waals surface area contributed by atoms with Crippen molar-refractivity contribution in [3.05, 3.63) is 47.5 Å². The van der Waals surface area contributed by atoms with Crippen molar-refractivity contribution in [2.24, 2.45) is 5.41 Å². The lowest BCUT2D eigenvalue weighted by Crippen LogP contribution is -2.58. The molecule has 3 rings (SSSR count). The van der Waals surface area contributed by atoms with Gasteiger partial charge in [0.05, 0.1) is 31.7 Å². The summed E-state index contributed by atoms with van der Waals surface area (Å²) in [6, 6.07) is 7.11. The van der Waals surface area contributed by atoms with E-state index in [9.17, 15) is 19.8 Å². The SMILES string of the molecule is COc1cccc(C[C@@]2(C(=O)O)CN(C(=O)Cc3nc[nH]c3C)CC[C@H]2O)c1. The van der Waals surface area contributed by atoms with Gasteiger partial charge < -0.3 is 24.8 Å². The Balaban J connectivity index is 1.83. The average molecular weight is 387 g/mol. The largest absolute Gasteiger partial charge is 0.497 e. The lowest BCUT2D eigenvalue weighted by atomic mass is 9.72. The fourth-order valence-corrected chi connectivity index (χ4v) is 3.72. The van der Waals surface area contributed by atoms with Crippen molar-refractivity contribution in [2.75, 3.05) is 20.2 Å². The number of aliphatic hydroxyl groups excluding tert-OH is 1. The number of nitrogens with one attached hydrogen (secondary N) is 1. The summed E-state index contributed by atoms with van der Waals surface area (Å²) in [6.45, 7) is 2.10. The van der Waals surface area contributed by atoms with Gasteiger partial charge in [-0.2, -0.15) is 0 Å². The molecule has 0 spiro atoms. The van der Waals surface area contributed by atoms with Crippen LogP contribution in [0.25, 0.3) is 0 Å². The molecule has 0 bridgehead atoms. The van der Waals surface area contributed by atoms with Gasteiger partial charge >= 0.3 is 5.97 Å². The van der Waals surface area contributed by atoms with Gasteiger partial charge in [-0.15, -0.1) is 0 Å². The highest BCUT2D eigenvalue weighted by atomic mass is 16.5. The number of benzene rings is 1. The topological polar surface area (TPSA) is 116 Å². The zero-order valence-electron chi connectivity index (χ0n) is 16.0. The number of carboxylic acids is 1. The number of aryl methyl sites for hydroxylation is 1. The number of aromatic nitrogens is 2. The van der Waals surface area contributed by atoms with E-state index in [2.05, 4.69) is 9.97 Å². The minimum atomic E-state index is -1.47. The van der Waals surface area contributed by atoms with Crippen LogP contribution in [-0.2, 0) is 22.4 Å². The van der Waals surface area contributed by atoms with Crippen LogP contribution in [0.15, 0.2) is 30.6 Å². The number of carbonyl (C=O) groups excluding carboxylic acids is 1. The van der Waals surface area contributed by atoms with Crippen LogP contribution in [0.2, 0.25) is 0 Å². The quantitative estimate of drug-likeness (QED) is 0.685. The first-order valence-corrected chi connectivity index (χ1v) is 9.17. The molecule has 2 atom stereocenters. The van der Waals surface area contributed by atoms with Crippen LogP contribution in [0, 0.1) is 12.3 Å². The van der Waals surface area contributed by atoms with Gasteiger partial charge in [0, 0.05) is 18.8 Å². The number of hydrogen-bond donors (Lipinski definition) is 3. The molecular formula is C20H25N3O5. The third kappa shape index (κ3) is 3.87. The molecule has 2 aromatic rings. The number of rotatable bonds is 6. The van der Waals surface area contributed by atoms with Gasteiger partial charge in [0.15, 0.2) is 0 Å². The van der Waals surface area contributed by atoms with Crippen molar-refractivity contribution < 1.29 is 24.5 Å². The Bertz CT molecular complexity index is 865. The smallest absolute Gasteiger partial charge is 0.314 e. The Kier molecular flexibility index (Phi) is 5.69. The van der Waals surface area contributed by atoms with Crippen molar-refractivity contribution in [1.29, 1.82) is 0 Å². The molecule has 3 N–H and O–H groups in total. The summed E-state index contributed by atoms with van der Waals surface area (Å²) < 4.78 is 5.21. The number of hydrogen-bond acceptors (Lipinski definition) is 5. The molecule has 1 aliphatic heterocycles. The highest BCUT2D eigenvalue weighted by Crippen LogP contribution is 2.35. The summed E-state index contributed by atoms with van der Waals surface area (Å²) in [6.07, 6.45) is 0.892. The summed E-state index contributed by atoms with van der Waals surface area (Å²) >= 11 is 0. The molecule has 1 amide bonds. The number of amides is 1. The second-order valence-electron chi connectivity index (χ2n) is 7.26. The van der Waals surface area contributed by atoms with E-state index in [1.54, 1.807) is 31.4 Å². The molecule has 1 fully saturated rings. The third-order valence-corrected chi connectivity index (χ3v) is 5.47. The molecular weight excluding hydrogens is 362 g/mol. The van der Waals surface area contributed by atoms with Gasteiger partial charge in [-0.05, 0) is 37.5 Å². The highest BCUT2D eigenvalue weighted by molar-refractivity contribution is 5.82. The Labute approximate surface area is 163 Å². The first-order valence-electron chi connectivity index (χ1n) is 9.17. The van der Waals surface area contributed by atoms with Gasteiger partial charge in [-0.25, -0.2) is 4.98 Å². The summed E-state index contributed by atoms with van der Waals surface area (Å²) in [5.41, 5.74) is 0.718. The zero-order valence-corrected chi connectivity index (χ0v) is 16.0. The van der Waals surface area contributed by atoms with Gasteiger partial charge in [-0.1, -0.05) is 12.1 Å². The number of aromatic amines is 1. The van der Waals surface area contributed by atoms with Crippen LogP contribution >= 0.6 is 0 Å². The maximum Gasteiger partial charge on any atom is 0.314 e. The second kappa shape index (κ2) is 8.02. The molecule has 2 heterocycles. The van der Waals surface area contributed by atoms with Crippen LogP contribution in [-0.4, -0.2) is 63.3 Å². The average Bonchev–Trinajstić information content (AvgIpc) is 3.08. The van der Waals surface area contributed by atoms with Gasteiger partial charge in [0.1, 0.15) is 11.2 Å². The normalized spacial score (nSPS) is 22.1. The van der Waals surface area contributed by atoms with E-state index >= 15 is 0 Å². The van der Waals surface area contributed by atoms with Crippen LogP contribution in [0.4, 0.5) is 0 Å². The molecule has 1 saturated heterocycles. The minimum absolute atomic E-state index is 0.0526. The van der Waals surface area contributed by atoms with Crippen LogP contribution in [0.5, 0.6) is 5.75 Å². The van der Waals surface area contributed by atoms with Crippen molar-refractivity contribution in [1.82, 2.24) is 14.9 Å². The Hall–Kier alpha value is -2.87. The van der Waals surface area contributed by atoms with Crippen molar-refractivity contribution in [2.45, 2.75) is 32.3 Å². The fourth-order valence-electron chi connectivity index (χ4n) is 3.72. The molecule has 0 unspecified atom stereocenters. The third-order valence-electron chi connectivity index (χ3n) is 5.47. The van der Waals surface area contributed by atoms with E-state index in [1.807, 2.05) is 6.92 Å². The second-order valence-corrected chi connectivity index (χ2v) is 7.26. The summed E-state index contributed by atoms with van der Waals surface area (Å²) in [7, 11) is 1.54. The Morgan fingerprint density at radius 2 is 2.21 bits per heavy atom. The monoisotopic (exact) mass is 387 g/mol. The van der Waals surface area contributed by atoms with E-state index in [0.717, 1.165) is 11.3 Å². The Morgan fingerprint density at radius 3 is 2.86 bits per heavy atom. The maximum absolute atomic E-state index is 12.8. The predicted molar refractivity (Wildman–Crippen MR) is 101 cm³/mol. The van der Waals surface area contributed by atoms with E-state index in [-0.39, 0.29) is 31.7 Å². The van der Waals surface area contributed by atoms with E-state index in [1.165, 1.54) is 11.2 Å². The van der Waals surface area contributed by atoms with Gasteiger partial charge in [-0.3, -0.25) is 9.59 Å². The number of aliphatic hydroxyl groups is 1. The van der Waals surface area contributed by atoms with Crippen LogP contribution < -0.4 is 4.74 Å². The first-order chi connectivity index (χ1) is 13.4. The number of H-pyrrole nitrogens is 1. The number of likely N-dealkylation sites (tertiary alicyclic amines) is 1. The number of imidazole rings is 1. The molecule has 1 aromatic carbocycles. The molecule has 8 nitrogen and oxygen atoms in total. The van der Waals surface area contributed by atoms with Gasteiger partial charge in [0.25, 0.3) is 0 Å². The molecule has 150 valence electrons. The standard InChI is InChI=1S/C20H25N3O5/c1-13-16(22-12-21-13)9-18(25)23-7-6-17(24)20(11-23,19(26)27)10-14-4-3-5-15(8-14)28-2/h3-5,8,12,17,24H,6-7,9-11H2,1-2H3,(H,21,22)(H,26,27)/t17-,20-/m1/s1. The minimum Gasteiger partial charge on any atom is -0.497 e. The zero-order chi connectivity index (χ0) is 20.3. The molecule has 0 radical (unpaired) electrons. The first kappa shape index (κ1) is 19.9. The van der Waals surface area contributed by atoms with Crippen LogP contribution in [0.1, 0.15) is 23.4 Å². The number of piperidine rings is 1. The number of carboxylic acid groups (broad SMARTS) is 1. The Morgan fingerprint density at radius 1 is 1.43 bits per heavy atom. The summed E-state index contributed by atoms with van der Waals surface area (Å²) in [5.74, 6) is -0.695. The molecule has 8 heteroatoms. The lowest BCUT2D eigenvalue weighted by molar-refractivity contribution is -0.165. The number of nitrogens with zero attached hydrogens (tertiary/aromatic N) is 2.